The smallest absolute Gasteiger partial charge is 0.341 e. The molecule has 20 heavy (non-hydrogen) atoms. The number of hydrogen-bond donors (Lipinski definition) is 0. The van der Waals surface area contributed by atoms with E-state index in [1.165, 1.54) is 29.2 Å². The van der Waals surface area contributed by atoms with Crippen molar-refractivity contribution in [3.05, 3.63) is 51.8 Å². The van der Waals surface area contributed by atoms with Crippen LogP contribution in [0.15, 0.2) is 30.6 Å². The van der Waals surface area contributed by atoms with Crippen LogP contribution in [0.4, 0.5) is 5.69 Å². The van der Waals surface area contributed by atoms with Crippen molar-refractivity contribution in [2.45, 2.75) is 13.8 Å². The van der Waals surface area contributed by atoms with Crippen LogP contribution in [0.1, 0.15) is 22.8 Å². The van der Waals surface area contributed by atoms with Crippen molar-refractivity contribution in [2.75, 3.05) is 6.61 Å². The highest BCUT2D eigenvalue weighted by atomic mass is 16.6. The zero-order valence-corrected chi connectivity index (χ0v) is 11.1. The number of hydrogen-bond acceptors (Lipinski definition) is 5. The maximum atomic E-state index is 11.6. The number of benzene rings is 1. The van der Waals surface area contributed by atoms with Gasteiger partial charge < -0.3 is 4.74 Å². The first-order valence-corrected chi connectivity index (χ1v) is 6.00. The second kappa shape index (κ2) is 5.52. The Labute approximate surface area is 114 Å². The van der Waals surface area contributed by atoms with E-state index in [-0.39, 0.29) is 12.3 Å². The first-order valence-electron chi connectivity index (χ1n) is 6.00. The van der Waals surface area contributed by atoms with Crippen molar-refractivity contribution in [1.29, 1.82) is 0 Å². The molecular formula is C13H13N3O4. The van der Waals surface area contributed by atoms with Crippen LogP contribution < -0.4 is 0 Å². The number of rotatable bonds is 4. The molecule has 0 atom stereocenters. The van der Waals surface area contributed by atoms with E-state index in [1.807, 2.05) is 6.92 Å². The highest BCUT2D eigenvalue weighted by Crippen LogP contribution is 2.20. The Morgan fingerprint density at radius 1 is 1.50 bits per heavy atom. The fraction of sp³-hybridized carbons (Fsp3) is 0.231. The summed E-state index contributed by atoms with van der Waals surface area (Å²) in [7, 11) is 0. The molecule has 0 saturated heterocycles. The number of ether oxygens (including phenoxy) is 1. The number of carbonyl (C=O) groups excluding carboxylic acids is 1. The number of carbonyl (C=O) groups is 1. The highest BCUT2D eigenvalue weighted by Gasteiger charge is 2.14. The van der Waals surface area contributed by atoms with Crippen LogP contribution in [-0.2, 0) is 4.74 Å². The Kier molecular flexibility index (Phi) is 3.79. The molecule has 0 aliphatic rings. The lowest BCUT2D eigenvalue weighted by atomic mass is 10.2. The molecule has 0 N–H and O–H groups in total. The quantitative estimate of drug-likeness (QED) is 0.485. The van der Waals surface area contributed by atoms with Crippen LogP contribution in [0.25, 0.3) is 5.69 Å². The number of aryl methyl sites for hydroxylation is 1. The normalized spacial score (nSPS) is 10.3. The van der Waals surface area contributed by atoms with E-state index in [0.717, 1.165) is 5.56 Å². The number of nitro benzene ring substituents is 1. The van der Waals surface area contributed by atoms with E-state index in [9.17, 15) is 14.9 Å². The molecular weight excluding hydrogens is 262 g/mol. The van der Waals surface area contributed by atoms with Gasteiger partial charge in [-0.2, -0.15) is 5.10 Å². The maximum Gasteiger partial charge on any atom is 0.341 e. The first-order chi connectivity index (χ1) is 9.52. The third-order valence-corrected chi connectivity index (χ3v) is 2.74. The lowest BCUT2D eigenvalue weighted by Gasteiger charge is -2.05. The van der Waals surface area contributed by atoms with Crippen LogP contribution in [0.5, 0.6) is 0 Å². The molecule has 0 radical (unpaired) electrons. The van der Waals surface area contributed by atoms with Gasteiger partial charge in [0.1, 0.15) is 0 Å². The van der Waals surface area contributed by atoms with Gasteiger partial charge in [0.25, 0.3) is 5.69 Å². The lowest BCUT2D eigenvalue weighted by molar-refractivity contribution is -0.384. The van der Waals surface area contributed by atoms with Gasteiger partial charge in [0.2, 0.25) is 0 Å². The fourth-order valence-corrected chi connectivity index (χ4v) is 1.73. The summed E-state index contributed by atoms with van der Waals surface area (Å²) in [5.74, 6) is -0.471. The Bertz CT molecular complexity index is 663. The third kappa shape index (κ3) is 2.66. The number of esters is 1. The van der Waals surface area contributed by atoms with Gasteiger partial charge in [0, 0.05) is 18.3 Å². The average Bonchev–Trinajstić information content (AvgIpc) is 2.88. The van der Waals surface area contributed by atoms with E-state index in [1.54, 1.807) is 13.0 Å². The van der Waals surface area contributed by atoms with Gasteiger partial charge in [-0.3, -0.25) is 10.1 Å². The molecule has 0 spiro atoms. The van der Waals surface area contributed by atoms with Crippen molar-refractivity contribution >= 4 is 11.7 Å². The molecule has 1 aromatic carbocycles. The molecule has 1 aromatic heterocycles. The molecule has 7 nitrogen and oxygen atoms in total. The summed E-state index contributed by atoms with van der Waals surface area (Å²) in [5, 5.41) is 14.8. The summed E-state index contributed by atoms with van der Waals surface area (Å²) >= 11 is 0. The number of nitro groups is 1. The van der Waals surface area contributed by atoms with Crippen molar-refractivity contribution in [3.63, 3.8) is 0 Å². The molecule has 7 heteroatoms. The summed E-state index contributed by atoms with van der Waals surface area (Å²) in [4.78, 5) is 21.9. The standard InChI is InChI=1S/C13H13N3O4/c1-3-20-13(17)10-7-14-15(8-10)12-6-11(16(18)19)5-4-9(12)2/h4-8H,3H2,1-2H3. The maximum absolute atomic E-state index is 11.6. The van der Waals surface area contributed by atoms with Gasteiger partial charge in [-0.05, 0) is 19.4 Å². The predicted octanol–water partition coefficient (Wildman–Crippen LogP) is 2.27. The topological polar surface area (TPSA) is 87.3 Å². The molecule has 0 bridgehead atoms. The van der Waals surface area contributed by atoms with Gasteiger partial charge in [-0.15, -0.1) is 0 Å². The van der Waals surface area contributed by atoms with Crippen molar-refractivity contribution < 1.29 is 14.5 Å². The third-order valence-electron chi connectivity index (χ3n) is 2.74. The Morgan fingerprint density at radius 2 is 2.25 bits per heavy atom. The largest absolute Gasteiger partial charge is 0.462 e. The molecule has 0 unspecified atom stereocenters. The summed E-state index contributed by atoms with van der Waals surface area (Å²) < 4.78 is 6.29. The second-order valence-corrected chi connectivity index (χ2v) is 4.12. The van der Waals surface area contributed by atoms with Crippen LogP contribution in [0.2, 0.25) is 0 Å². The first kappa shape index (κ1) is 13.7. The molecule has 1 heterocycles. The zero-order chi connectivity index (χ0) is 14.7. The Morgan fingerprint density at radius 3 is 2.90 bits per heavy atom. The van der Waals surface area contributed by atoms with E-state index in [0.29, 0.717) is 11.3 Å². The van der Waals surface area contributed by atoms with Crippen molar-refractivity contribution in [1.82, 2.24) is 9.78 Å². The Hall–Kier alpha value is -2.70. The van der Waals surface area contributed by atoms with E-state index < -0.39 is 10.9 Å². The van der Waals surface area contributed by atoms with Crippen LogP contribution in [0.3, 0.4) is 0 Å². The predicted molar refractivity (Wildman–Crippen MR) is 70.9 cm³/mol. The molecule has 2 rings (SSSR count). The summed E-state index contributed by atoms with van der Waals surface area (Å²) in [5.41, 5.74) is 1.64. The van der Waals surface area contributed by atoms with Crippen molar-refractivity contribution in [2.24, 2.45) is 0 Å². The molecule has 0 saturated carbocycles. The van der Waals surface area contributed by atoms with Gasteiger partial charge in [0.05, 0.1) is 29.0 Å². The monoisotopic (exact) mass is 275 g/mol. The summed E-state index contributed by atoms with van der Waals surface area (Å²) in [6.45, 7) is 3.80. The van der Waals surface area contributed by atoms with Crippen LogP contribution in [-0.4, -0.2) is 27.3 Å². The average molecular weight is 275 g/mol. The lowest BCUT2D eigenvalue weighted by Crippen LogP contribution is -2.03. The second-order valence-electron chi connectivity index (χ2n) is 4.12. The molecule has 0 amide bonds. The van der Waals surface area contributed by atoms with Gasteiger partial charge in [0.15, 0.2) is 0 Å². The van der Waals surface area contributed by atoms with Crippen molar-refractivity contribution in [3.8, 4) is 5.69 Å². The summed E-state index contributed by atoms with van der Waals surface area (Å²) in [6, 6.07) is 4.48. The highest BCUT2D eigenvalue weighted by molar-refractivity contribution is 5.88. The van der Waals surface area contributed by atoms with Crippen LogP contribution in [0, 0.1) is 17.0 Å². The minimum Gasteiger partial charge on any atom is -0.462 e. The van der Waals surface area contributed by atoms with E-state index in [4.69, 9.17) is 4.74 Å². The molecule has 2 aromatic rings. The van der Waals surface area contributed by atoms with Gasteiger partial charge in [-0.1, -0.05) is 6.07 Å². The molecule has 0 aliphatic heterocycles. The SMILES string of the molecule is CCOC(=O)c1cnn(-c2cc([N+](=O)[O-])ccc2C)c1. The number of aromatic nitrogens is 2. The minimum absolute atomic E-state index is 0.0289. The number of nitrogens with zero attached hydrogens (tertiary/aromatic N) is 3. The van der Waals surface area contributed by atoms with E-state index >= 15 is 0 Å². The zero-order valence-electron chi connectivity index (χ0n) is 11.1. The van der Waals surface area contributed by atoms with Crippen LogP contribution >= 0.6 is 0 Å². The fourth-order valence-electron chi connectivity index (χ4n) is 1.73. The number of non-ortho nitro benzene ring substituents is 1. The summed E-state index contributed by atoms with van der Waals surface area (Å²) in [6.07, 6.45) is 2.86. The molecule has 104 valence electrons. The van der Waals surface area contributed by atoms with Gasteiger partial charge in [-0.25, -0.2) is 9.48 Å². The molecule has 0 aliphatic carbocycles. The van der Waals surface area contributed by atoms with E-state index in [2.05, 4.69) is 5.10 Å². The van der Waals surface area contributed by atoms with Gasteiger partial charge >= 0.3 is 5.97 Å². The minimum atomic E-state index is -0.474. The molecule has 0 fully saturated rings. The Balaban J connectivity index is 2.39.